The van der Waals surface area contributed by atoms with Crippen LogP contribution in [0.5, 0.6) is 0 Å². The van der Waals surface area contributed by atoms with E-state index in [0.717, 1.165) is 0 Å². The van der Waals surface area contributed by atoms with Crippen molar-refractivity contribution in [3.63, 3.8) is 0 Å². The molecule has 0 heteroatoms. The van der Waals surface area contributed by atoms with E-state index in [1.165, 1.54) is 121 Å². The first-order chi connectivity index (χ1) is 28.3. The van der Waals surface area contributed by atoms with E-state index in [1.54, 1.807) is 0 Å². The first-order valence-corrected chi connectivity index (χ1v) is 20.7. The van der Waals surface area contributed by atoms with E-state index >= 15 is 0 Å². The molecule has 0 spiro atoms. The Morgan fingerprint density at radius 2 is 0.603 bits per heavy atom. The van der Waals surface area contributed by atoms with Crippen molar-refractivity contribution in [2.45, 2.75) is 38.5 Å². The lowest BCUT2D eigenvalue weighted by Crippen LogP contribution is -2.14. The highest BCUT2D eigenvalue weighted by Crippen LogP contribution is 2.51. The van der Waals surface area contributed by atoms with E-state index in [2.05, 4.69) is 210 Å². The standard InChI is InChI=1S/C58H42/c1-57(2)51-11-7-5-9-45(51)49-33-41(25-31-53(49)57)35-13-17-37(18-14-35)43-27-21-39-24-30-48-44(28-22-40-23-29-47(43)55(39)56(40)48)38-19-15-36(16-20-38)42-26-32-54-50(34-42)46-10-6-8-12-52(46)58(54,3)4/h5-34H,1-4H3. The van der Waals surface area contributed by atoms with Gasteiger partial charge in [-0.1, -0.05) is 198 Å². The molecule has 0 atom stereocenters. The summed E-state index contributed by atoms with van der Waals surface area (Å²) in [5, 5.41) is 7.85. The van der Waals surface area contributed by atoms with Gasteiger partial charge in [0.15, 0.2) is 0 Å². The van der Waals surface area contributed by atoms with E-state index in [4.69, 9.17) is 0 Å². The second-order valence-electron chi connectivity index (χ2n) is 17.7. The van der Waals surface area contributed by atoms with Crippen molar-refractivity contribution < 1.29 is 0 Å². The van der Waals surface area contributed by atoms with E-state index in [0.29, 0.717) is 0 Å². The van der Waals surface area contributed by atoms with Crippen molar-refractivity contribution in [2.75, 3.05) is 0 Å². The zero-order valence-electron chi connectivity index (χ0n) is 33.3. The van der Waals surface area contributed by atoms with Gasteiger partial charge in [-0.05, 0) is 133 Å². The second kappa shape index (κ2) is 11.9. The SMILES string of the molecule is CC1(C)c2ccccc2-c2cc(-c3ccc(-c4ccc5ccc6c(-c7ccc(-c8ccc9c(c8)-c8ccccc8C9(C)C)cc7)ccc7ccc4c5c76)cc3)ccc21. The van der Waals surface area contributed by atoms with Crippen LogP contribution in [0.1, 0.15) is 49.9 Å². The van der Waals surface area contributed by atoms with Crippen LogP contribution in [0.4, 0.5) is 0 Å². The molecular weight excluding hydrogens is 697 g/mol. The van der Waals surface area contributed by atoms with E-state index in [1.807, 2.05) is 0 Å². The highest BCUT2D eigenvalue weighted by Gasteiger charge is 2.36. The second-order valence-corrected chi connectivity index (χ2v) is 17.7. The van der Waals surface area contributed by atoms with E-state index < -0.39 is 0 Å². The van der Waals surface area contributed by atoms with Crippen molar-refractivity contribution >= 4 is 32.3 Å². The zero-order chi connectivity index (χ0) is 38.9. The van der Waals surface area contributed by atoms with Gasteiger partial charge in [-0.15, -0.1) is 0 Å². The first-order valence-electron chi connectivity index (χ1n) is 20.7. The number of rotatable bonds is 4. The van der Waals surface area contributed by atoms with Gasteiger partial charge in [0.1, 0.15) is 0 Å². The predicted octanol–water partition coefficient (Wildman–Crippen LogP) is 15.9. The molecule has 0 nitrogen and oxygen atoms in total. The molecule has 0 saturated heterocycles. The lowest BCUT2D eigenvalue weighted by molar-refractivity contribution is 0.660. The Morgan fingerprint density at radius 3 is 1.03 bits per heavy atom. The Labute approximate surface area is 340 Å². The van der Waals surface area contributed by atoms with Crippen LogP contribution in [-0.4, -0.2) is 0 Å². The van der Waals surface area contributed by atoms with E-state index in [-0.39, 0.29) is 10.8 Å². The lowest BCUT2D eigenvalue weighted by atomic mass is 9.82. The van der Waals surface area contributed by atoms with Gasteiger partial charge in [0, 0.05) is 10.8 Å². The van der Waals surface area contributed by atoms with Gasteiger partial charge in [0.25, 0.3) is 0 Å². The van der Waals surface area contributed by atoms with Crippen LogP contribution in [0.3, 0.4) is 0 Å². The van der Waals surface area contributed by atoms with Crippen molar-refractivity contribution in [1.82, 2.24) is 0 Å². The Morgan fingerprint density at radius 1 is 0.259 bits per heavy atom. The fraction of sp³-hybridized carbons (Fsp3) is 0.103. The summed E-state index contributed by atoms with van der Waals surface area (Å²) in [5.41, 5.74) is 21.2. The molecule has 2 aliphatic rings. The highest BCUT2D eigenvalue weighted by atomic mass is 14.4. The smallest absolute Gasteiger partial charge is 0.0158 e. The summed E-state index contributed by atoms with van der Waals surface area (Å²) >= 11 is 0. The number of fused-ring (bicyclic) bond motifs is 6. The molecule has 0 aliphatic heterocycles. The summed E-state index contributed by atoms with van der Waals surface area (Å²) in [5.74, 6) is 0. The van der Waals surface area contributed by atoms with E-state index in [9.17, 15) is 0 Å². The molecule has 10 aromatic carbocycles. The largest absolute Gasteiger partial charge is 0.0619 e. The molecule has 12 rings (SSSR count). The minimum atomic E-state index is 0.0175. The Hall–Kier alpha value is -6.76. The fourth-order valence-corrected chi connectivity index (χ4v) is 10.8. The van der Waals surface area contributed by atoms with Crippen molar-refractivity contribution in [3.05, 3.63) is 204 Å². The molecule has 0 saturated carbocycles. The monoisotopic (exact) mass is 738 g/mol. The molecule has 58 heavy (non-hydrogen) atoms. The van der Waals surface area contributed by atoms with Gasteiger partial charge >= 0.3 is 0 Å². The number of hydrogen-bond acceptors (Lipinski definition) is 0. The van der Waals surface area contributed by atoms with Crippen molar-refractivity contribution in [3.8, 4) is 66.8 Å². The molecule has 274 valence electrons. The Kier molecular flexibility index (Phi) is 6.84. The summed E-state index contributed by atoms with van der Waals surface area (Å²) in [6, 6.07) is 68.8. The molecule has 0 amide bonds. The summed E-state index contributed by atoms with van der Waals surface area (Å²) in [6.45, 7) is 9.37. The maximum Gasteiger partial charge on any atom is 0.0158 e. The summed E-state index contributed by atoms with van der Waals surface area (Å²) < 4.78 is 0. The van der Waals surface area contributed by atoms with Gasteiger partial charge in [0.2, 0.25) is 0 Å². The third kappa shape index (κ3) is 4.63. The van der Waals surface area contributed by atoms with Crippen LogP contribution < -0.4 is 0 Å². The van der Waals surface area contributed by atoms with Crippen molar-refractivity contribution in [1.29, 1.82) is 0 Å². The average Bonchev–Trinajstić information content (AvgIpc) is 3.64. The third-order valence-corrected chi connectivity index (χ3v) is 13.9. The van der Waals surface area contributed by atoms with Crippen LogP contribution in [-0.2, 0) is 10.8 Å². The third-order valence-electron chi connectivity index (χ3n) is 13.9. The molecule has 0 bridgehead atoms. The Bertz CT molecular complexity index is 3080. The normalized spacial score (nSPS) is 14.5. The maximum absolute atomic E-state index is 2.39. The minimum Gasteiger partial charge on any atom is -0.0619 e. The van der Waals surface area contributed by atoms with Gasteiger partial charge in [-0.2, -0.15) is 0 Å². The van der Waals surface area contributed by atoms with Gasteiger partial charge in [-0.25, -0.2) is 0 Å². The highest BCUT2D eigenvalue weighted by molar-refractivity contribution is 6.27. The van der Waals surface area contributed by atoms with Crippen LogP contribution >= 0.6 is 0 Å². The van der Waals surface area contributed by atoms with Gasteiger partial charge < -0.3 is 0 Å². The van der Waals surface area contributed by atoms with Crippen LogP contribution in [0.25, 0.3) is 99.1 Å². The summed E-state index contributed by atoms with van der Waals surface area (Å²) in [6.07, 6.45) is 0. The lowest BCUT2D eigenvalue weighted by Gasteiger charge is -2.21. The molecular formula is C58H42. The molecule has 2 aliphatic carbocycles. The van der Waals surface area contributed by atoms with Crippen LogP contribution in [0.2, 0.25) is 0 Å². The maximum atomic E-state index is 2.39. The predicted molar refractivity (Wildman–Crippen MR) is 247 cm³/mol. The van der Waals surface area contributed by atoms with Crippen LogP contribution in [0.15, 0.2) is 182 Å². The Balaban J connectivity index is 0.901. The van der Waals surface area contributed by atoms with Crippen LogP contribution in [0, 0.1) is 0 Å². The molecule has 0 aromatic heterocycles. The zero-order valence-corrected chi connectivity index (χ0v) is 33.3. The van der Waals surface area contributed by atoms with Gasteiger partial charge in [0.05, 0.1) is 0 Å². The first kappa shape index (κ1) is 33.4. The van der Waals surface area contributed by atoms with Crippen molar-refractivity contribution in [2.24, 2.45) is 0 Å². The van der Waals surface area contributed by atoms with Gasteiger partial charge in [-0.3, -0.25) is 0 Å². The minimum absolute atomic E-state index is 0.0175. The average molecular weight is 739 g/mol. The number of benzene rings is 10. The summed E-state index contributed by atoms with van der Waals surface area (Å²) in [4.78, 5) is 0. The fourth-order valence-electron chi connectivity index (χ4n) is 10.8. The molecule has 0 N–H and O–H groups in total. The topological polar surface area (TPSA) is 0 Å². The molecule has 0 unspecified atom stereocenters. The molecule has 10 aromatic rings. The molecule has 0 fully saturated rings. The quantitative estimate of drug-likeness (QED) is 0.158. The molecule has 0 radical (unpaired) electrons. The summed E-state index contributed by atoms with van der Waals surface area (Å²) in [7, 11) is 0. The number of hydrogen-bond donors (Lipinski definition) is 0. The molecule has 0 heterocycles.